The molecular weight excluding hydrogens is 408 g/mol. The van der Waals surface area contributed by atoms with Gasteiger partial charge in [0.15, 0.2) is 0 Å². The first-order chi connectivity index (χ1) is 16.9. The number of benzene rings is 7. The molecule has 0 radical (unpaired) electrons. The highest BCUT2D eigenvalue weighted by atomic mass is 14.2. The quantitative estimate of drug-likeness (QED) is 0.239. The molecule has 34 heavy (non-hydrogen) atoms. The Morgan fingerprint density at radius 3 is 1.38 bits per heavy atom. The van der Waals surface area contributed by atoms with Crippen molar-refractivity contribution in [2.45, 2.75) is 0 Å². The lowest BCUT2D eigenvalue weighted by Crippen LogP contribution is -1.90. The number of hydrogen-bond donors (Lipinski definition) is 0. The molecule has 7 aromatic carbocycles. The average Bonchev–Trinajstić information content (AvgIpc) is 2.93. The lowest BCUT2D eigenvalue weighted by molar-refractivity contribution is 1.60. The normalized spacial score (nSPS) is 11.5. The van der Waals surface area contributed by atoms with Crippen molar-refractivity contribution >= 4 is 43.1 Å². The van der Waals surface area contributed by atoms with Crippen LogP contribution < -0.4 is 0 Å². The van der Waals surface area contributed by atoms with Crippen molar-refractivity contribution in [1.82, 2.24) is 0 Å². The number of hydrogen-bond acceptors (Lipinski definition) is 0. The van der Waals surface area contributed by atoms with E-state index < -0.39 is 0 Å². The van der Waals surface area contributed by atoms with Gasteiger partial charge in [0.2, 0.25) is 0 Å². The molecule has 0 aliphatic carbocycles. The van der Waals surface area contributed by atoms with Crippen LogP contribution in [0, 0.1) is 0 Å². The van der Waals surface area contributed by atoms with Crippen LogP contribution in [0.3, 0.4) is 0 Å². The standard InChI is InChI=1S/C34H22/c1-2-12-23(13-3-1)24-14-4-5-15-25(24)32-22-33-28-18-7-6-16-26(28)27-17-8-10-20-30(27)34(33)31-21-11-9-19-29(31)32/h1-22H. The fourth-order valence-electron chi connectivity index (χ4n) is 5.58. The van der Waals surface area contributed by atoms with E-state index >= 15 is 0 Å². The molecule has 0 saturated heterocycles. The first-order valence-electron chi connectivity index (χ1n) is 11.8. The van der Waals surface area contributed by atoms with Gasteiger partial charge in [-0.2, -0.15) is 0 Å². The molecule has 158 valence electrons. The predicted molar refractivity (Wildman–Crippen MR) is 147 cm³/mol. The third-order valence-electron chi connectivity index (χ3n) is 7.05. The minimum atomic E-state index is 1.24. The third kappa shape index (κ3) is 2.79. The van der Waals surface area contributed by atoms with Gasteiger partial charge in [0, 0.05) is 0 Å². The maximum absolute atomic E-state index is 2.42. The molecular formula is C34H22. The first kappa shape index (κ1) is 19.1. The summed E-state index contributed by atoms with van der Waals surface area (Å²) >= 11 is 0. The van der Waals surface area contributed by atoms with Crippen LogP contribution in [0.5, 0.6) is 0 Å². The van der Waals surface area contributed by atoms with Gasteiger partial charge in [-0.3, -0.25) is 0 Å². The second-order valence-electron chi connectivity index (χ2n) is 8.90. The molecule has 0 nitrogen and oxygen atoms in total. The van der Waals surface area contributed by atoms with E-state index in [1.807, 2.05) is 0 Å². The number of rotatable bonds is 2. The summed E-state index contributed by atoms with van der Waals surface area (Å²) in [5.41, 5.74) is 5.05. The van der Waals surface area contributed by atoms with Gasteiger partial charge in [-0.05, 0) is 71.4 Å². The van der Waals surface area contributed by atoms with Crippen LogP contribution in [0.4, 0.5) is 0 Å². The van der Waals surface area contributed by atoms with E-state index in [9.17, 15) is 0 Å². The molecule has 0 heterocycles. The van der Waals surface area contributed by atoms with Gasteiger partial charge in [-0.15, -0.1) is 0 Å². The van der Waals surface area contributed by atoms with E-state index in [0.29, 0.717) is 0 Å². The molecule has 7 rings (SSSR count). The van der Waals surface area contributed by atoms with E-state index in [-0.39, 0.29) is 0 Å². The molecule has 7 aromatic rings. The Hall–Kier alpha value is -4.42. The fraction of sp³-hybridized carbons (Fsp3) is 0. The second kappa shape index (κ2) is 7.57. The summed E-state index contributed by atoms with van der Waals surface area (Å²) in [6.45, 7) is 0. The van der Waals surface area contributed by atoms with Crippen LogP contribution in [0.2, 0.25) is 0 Å². The maximum atomic E-state index is 2.42. The van der Waals surface area contributed by atoms with Crippen molar-refractivity contribution in [3.63, 3.8) is 0 Å². The molecule has 0 atom stereocenters. The predicted octanol–water partition coefficient (Wildman–Crippen LogP) is 9.63. The Morgan fingerprint density at radius 1 is 0.265 bits per heavy atom. The number of fused-ring (bicyclic) bond motifs is 8. The van der Waals surface area contributed by atoms with Crippen molar-refractivity contribution in [2.75, 3.05) is 0 Å². The van der Waals surface area contributed by atoms with Crippen LogP contribution in [-0.2, 0) is 0 Å². The van der Waals surface area contributed by atoms with Crippen LogP contribution in [-0.4, -0.2) is 0 Å². The summed E-state index contributed by atoms with van der Waals surface area (Å²) in [5.74, 6) is 0. The van der Waals surface area contributed by atoms with E-state index in [1.54, 1.807) is 0 Å². The van der Waals surface area contributed by atoms with E-state index in [2.05, 4.69) is 133 Å². The maximum Gasteiger partial charge on any atom is -0.00199 e. The Morgan fingerprint density at radius 2 is 0.706 bits per heavy atom. The molecule has 0 N–H and O–H groups in total. The Balaban J connectivity index is 1.70. The highest BCUT2D eigenvalue weighted by Gasteiger charge is 2.16. The average molecular weight is 431 g/mol. The molecule has 0 bridgehead atoms. The van der Waals surface area contributed by atoms with E-state index in [0.717, 1.165) is 0 Å². The molecule has 0 aliphatic rings. The molecule has 0 unspecified atom stereocenters. The van der Waals surface area contributed by atoms with Crippen LogP contribution in [0.15, 0.2) is 133 Å². The molecule has 0 spiro atoms. The molecule has 0 aliphatic heterocycles. The van der Waals surface area contributed by atoms with Crippen molar-refractivity contribution < 1.29 is 0 Å². The summed E-state index contributed by atoms with van der Waals surface area (Å²) in [4.78, 5) is 0. The largest absolute Gasteiger partial charge is 0.0622 e. The van der Waals surface area contributed by atoms with E-state index in [1.165, 1.54) is 65.3 Å². The topological polar surface area (TPSA) is 0 Å². The molecule has 0 aromatic heterocycles. The highest BCUT2D eigenvalue weighted by molar-refractivity contribution is 6.33. The summed E-state index contributed by atoms with van der Waals surface area (Å²) < 4.78 is 0. The van der Waals surface area contributed by atoms with Crippen molar-refractivity contribution in [1.29, 1.82) is 0 Å². The van der Waals surface area contributed by atoms with Gasteiger partial charge in [-0.25, -0.2) is 0 Å². The first-order valence-corrected chi connectivity index (χ1v) is 11.8. The lowest BCUT2D eigenvalue weighted by Gasteiger charge is -2.18. The van der Waals surface area contributed by atoms with Crippen LogP contribution >= 0.6 is 0 Å². The summed E-state index contributed by atoms with van der Waals surface area (Å²) in [5, 5.41) is 10.5. The Bertz CT molecular complexity index is 1840. The Kier molecular flexibility index (Phi) is 4.25. The van der Waals surface area contributed by atoms with Gasteiger partial charge in [0.25, 0.3) is 0 Å². The van der Waals surface area contributed by atoms with Crippen LogP contribution in [0.25, 0.3) is 65.3 Å². The van der Waals surface area contributed by atoms with Gasteiger partial charge in [-0.1, -0.05) is 127 Å². The van der Waals surface area contributed by atoms with Crippen molar-refractivity contribution in [3.8, 4) is 22.3 Å². The summed E-state index contributed by atoms with van der Waals surface area (Å²) in [6, 6.07) is 48.5. The summed E-state index contributed by atoms with van der Waals surface area (Å²) in [6.07, 6.45) is 0. The Labute approximate surface area is 198 Å². The van der Waals surface area contributed by atoms with Crippen molar-refractivity contribution in [2.24, 2.45) is 0 Å². The highest BCUT2D eigenvalue weighted by Crippen LogP contribution is 2.44. The van der Waals surface area contributed by atoms with Gasteiger partial charge >= 0.3 is 0 Å². The molecule has 0 amide bonds. The molecule has 0 fully saturated rings. The summed E-state index contributed by atoms with van der Waals surface area (Å²) in [7, 11) is 0. The monoisotopic (exact) mass is 430 g/mol. The zero-order chi connectivity index (χ0) is 22.5. The van der Waals surface area contributed by atoms with Crippen LogP contribution in [0.1, 0.15) is 0 Å². The second-order valence-corrected chi connectivity index (χ2v) is 8.90. The third-order valence-corrected chi connectivity index (χ3v) is 7.05. The lowest BCUT2D eigenvalue weighted by atomic mass is 9.86. The zero-order valence-electron chi connectivity index (χ0n) is 18.7. The van der Waals surface area contributed by atoms with E-state index in [4.69, 9.17) is 0 Å². The minimum Gasteiger partial charge on any atom is -0.0622 e. The SMILES string of the molecule is c1ccc(-c2ccccc2-c2cc3c4ccccc4c4ccccc4c3c3ccccc23)cc1. The smallest absolute Gasteiger partial charge is 0.00199 e. The van der Waals surface area contributed by atoms with Crippen molar-refractivity contribution in [3.05, 3.63) is 133 Å². The molecule has 0 heteroatoms. The van der Waals surface area contributed by atoms with Gasteiger partial charge in [0.05, 0.1) is 0 Å². The van der Waals surface area contributed by atoms with Gasteiger partial charge < -0.3 is 0 Å². The van der Waals surface area contributed by atoms with Gasteiger partial charge in [0.1, 0.15) is 0 Å². The zero-order valence-corrected chi connectivity index (χ0v) is 18.7. The fourth-order valence-corrected chi connectivity index (χ4v) is 5.58. The molecule has 0 saturated carbocycles. The minimum absolute atomic E-state index is 1.24.